The third kappa shape index (κ3) is 6.39. The molecule has 2 aliphatic rings. The van der Waals surface area contributed by atoms with Crippen LogP contribution >= 0.6 is 0 Å². The smallest absolute Gasteiger partial charge is 0.352 e. The normalized spacial score (nSPS) is 22.8. The third-order valence-electron chi connectivity index (χ3n) is 6.46. The number of amides is 2. The molecule has 184 valence electrons. The van der Waals surface area contributed by atoms with E-state index in [9.17, 15) is 35.9 Å². The van der Waals surface area contributed by atoms with Gasteiger partial charge in [-0.1, -0.05) is 12.8 Å². The minimum atomic E-state index is -5.02. The highest BCUT2D eigenvalue weighted by Crippen LogP contribution is 2.36. The molecule has 1 aliphatic heterocycles. The van der Waals surface area contributed by atoms with Crippen LogP contribution < -0.4 is 11.1 Å². The zero-order chi connectivity index (χ0) is 24.4. The van der Waals surface area contributed by atoms with Gasteiger partial charge in [0, 0.05) is 31.2 Å². The van der Waals surface area contributed by atoms with Crippen molar-refractivity contribution >= 4 is 11.8 Å². The van der Waals surface area contributed by atoms with Gasteiger partial charge in [0.05, 0.1) is 17.0 Å². The van der Waals surface area contributed by atoms with Crippen molar-refractivity contribution in [1.29, 1.82) is 0 Å². The topological polar surface area (TPSA) is 75.4 Å². The molecule has 33 heavy (non-hydrogen) atoms. The van der Waals surface area contributed by atoms with Crippen LogP contribution in [-0.4, -0.2) is 42.4 Å². The molecule has 2 amide bonds. The van der Waals surface area contributed by atoms with E-state index in [1.54, 1.807) is 4.90 Å². The molecule has 1 saturated heterocycles. The molecule has 1 aliphatic carbocycles. The lowest BCUT2D eigenvalue weighted by atomic mass is 9.83. The molecule has 1 heterocycles. The molecule has 1 aromatic carbocycles. The molecular weight excluding hydrogens is 452 g/mol. The highest BCUT2D eigenvalue weighted by atomic mass is 19.4. The molecule has 5 nitrogen and oxygen atoms in total. The van der Waals surface area contributed by atoms with Gasteiger partial charge in [-0.15, -0.1) is 0 Å². The van der Waals surface area contributed by atoms with Crippen LogP contribution in [0.1, 0.15) is 60.0 Å². The Bertz CT molecular complexity index is 830. The number of hydrogen-bond donors (Lipinski definition) is 2. The van der Waals surface area contributed by atoms with Gasteiger partial charge in [0.15, 0.2) is 0 Å². The van der Waals surface area contributed by atoms with Crippen LogP contribution in [0, 0.1) is 11.8 Å². The Labute approximate surface area is 187 Å². The molecule has 2 atom stereocenters. The van der Waals surface area contributed by atoms with Gasteiger partial charge in [-0.2, -0.15) is 26.3 Å². The fourth-order valence-electron chi connectivity index (χ4n) is 4.48. The summed E-state index contributed by atoms with van der Waals surface area (Å²) < 4.78 is 78.0. The van der Waals surface area contributed by atoms with Crippen molar-refractivity contribution in [2.75, 3.05) is 19.6 Å². The molecule has 1 saturated carbocycles. The number of nitrogens with zero attached hydrogens (tertiary/aromatic N) is 1. The lowest BCUT2D eigenvalue weighted by Crippen LogP contribution is -2.49. The highest BCUT2D eigenvalue weighted by molar-refractivity contribution is 5.94. The Hall–Kier alpha value is -2.30. The Morgan fingerprint density at radius 1 is 0.909 bits per heavy atom. The summed E-state index contributed by atoms with van der Waals surface area (Å²) in [6.07, 6.45) is -5.31. The molecule has 3 N–H and O–H groups in total. The monoisotopic (exact) mass is 479 g/mol. The van der Waals surface area contributed by atoms with Crippen molar-refractivity contribution in [2.24, 2.45) is 17.6 Å². The number of rotatable bonds is 4. The summed E-state index contributed by atoms with van der Waals surface area (Å²) in [5.74, 6) is -1.18. The fourth-order valence-corrected chi connectivity index (χ4v) is 4.48. The van der Waals surface area contributed by atoms with Crippen molar-refractivity contribution < 1.29 is 35.9 Å². The van der Waals surface area contributed by atoms with Crippen LogP contribution in [0.25, 0.3) is 0 Å². The maximum Gasteiger partial charge on any atom is 0.416 e. The van der Waals surface area contributed by atoms with Gasteiger partial charge in [-0.3, -0.25) is 9.59 Å². The lowest BCUT2D eigenvalue weighted by Gasteiger charge is -2.37. The number of nitrogens with one attached hydrogen (secondary N) is 1. The molecule has 0 radical (unpaired) electrons. The molecule has 3 rings (SSSR count). The van der Waals surface area contributed by atoms with E-state index < -0.39 is 35.0 Å². The standard InChI is InChI=1S/C22H27F6N3O2/c23-21(24,25)15-9-14(10-16(11-15)22(26,27)28)19(32)30-12-13-5-7-31(8-6-13)20(33)17-3-1-2-4-18(17)29/h9-11,13,17-18H,1-8,12,29H2,(H,30,32). The van der Waals surface area contributed by atoms with E-state index in [-0.39, 0.29) is 36.4 Å². The number of carbonyl (C=O) groups is 2. The minimum absolute atomic E-state index is 0.0122. The number of alkyl halides is 6. The SMILES string of the molecule is NC1CCCCC1C(=O)N1CCC(CNC(=O)c2cc(C(F)(F)F)cc(C(F)(F)F)c2)CC1. The number of likely N-dealkylation sites (tertiary alicyclic amines) is 1. The van der Waals surface area contributed by atoms with E-state index in [1.165, 1.54) is 0 Å². The largest absolute Gasteiger partial charge is 0.416 e. The lowest BCUT2D eigenvalue weighted by molar-refractivity contribution is -0.143. The maximum atomic E-state index is 13.0. The molecule has 11 heteroatoms. The van der Waals surface area contributed by atoms with Crippen LogP contribution in [0.2, 0.25) is 0 Å². The van der Waals surface area contributed by atoms with Crippen molar-refractivity contribution in [3.05, 3.63) is 34.9 Å². The van der Waals surface area contributed by atoms with E-state index in [4.69, 9.17) is 5.73 Å². The van der Waals surface area contributed by atoms with Crippen LogP contribution in [0.3, 0.4) is 0 Å². The Morgan fingerprint density at radius 3 is 1.97 bits per heavy atom. The van der Waals surface area contributed by atoms with Crippen LogP contribution in [0.5, 0.6) is 0 Å². The van der Waals surface area contributed by atoms with Gasteiger partial charge in [0.1, 0.15) is 0 Å². The zero-order valence-corrected chi connectivity index (χ0v) is 17.9. The summed E-state index contributed by atoms with van der Waals surface area (Å²) >= 11 is 0. The predicted molar refractivity (Wildman–Crippen MR) is 108 cm³/mol. The molecule has 0 spiro atoms. The average Bonchev–Trinajstić information content (AvgIpc) is 2.76. The summed E-state index contributed by atoms with van der Waals surface area (Å²) in [7, 11) is 0. The third-order valence-corrected chi connectivity index (χ3v) is 6.46. The van der Waals surface area contributed by atoms with Crippen molar-refractivity contribution in [2.45, 2.75) is 56.9 Å². The van der Waals surface area contributed by atoms with Gasteiger partial charge >= 0.3 is 12.4 Å². The predicted octanol–water partition coefficient (Wildman–Crippen LogP) is 4.21. The Kier molecular flexibility index (Phi) is 7.60. The molecule has 0 aromatic heterocycles. The Balaban J connectivity index is 1.57. The summed E-state index contributed by atoms with van der Waals surface area (Å²) in [5, 5.41) is 2.44. The highest BCUT2D eigenvalue weighted by Gasteiger charge is 2.38. The van der Waals surface area contributed by atoms with Crippen LogP contribution in [-0.2, 0) is 17.1 Å². The molecule has 2 unspecified atom stereocenters. The second-order valence-electron chi connectivity index (χ2n) is 8.83. The van der Waals surface area contributed by atoms with Gasteiger partial charge < -0.3 is 16.0 Å². The van der Waals surface area contributed by atoms with Crippen LogP contribution in [0.15, 0.2) is 18.2 Å². The summed E-state index contributed by atoms with van der Waals surface area (Å²) in [6.45, 7) is 1.05. The van der Waals surface area contributed by atoms with Gasteiger partial charge in [0.2, 0.25) is 5.91 Å². The van der Waals surface area contributed by atoms with Crippen molar-refractivity contribution in [1.82, 2.24) is 10.2 Å². The number of hydrogen-bond acceptors (Lipinski definition) is 3. The zero-order valence-electron chi connectivity index (χ0n) is 17.9. The van der Waals surface area contributed by atoms with Gasteiger partial charge in [-0.05, 0) is 49.8 Å². The van der Waals surface area contributed by atoms with E-state index >= 15 is 0 Å². The fraction of sp³-hybridized carbons (Fsp3) is 0.636. The van der Waals surface area contributed by atoms with Gasteiger partial charge in [0.25, 0.3) is 5.91 Å². The van der Waals surface area contributed by atoms with E-state index in [2.05, 4.69) is 5.32 Å². The van der Waals surface area contributed by atoms with Crippen LogP contribution in [0.4, 0.5) is 26.3 Å². The van der Waals surface area contributed by atoms with Gasteiger partial charge in [-0.25, -0.2) is 0 Å². The first kappa shape index (κ1) is 25.3. The molecule has 1 aromatic rings. The second kappa shape index (κ2) is 9.90. The van der Waals surface area contributed by atoms with E-state index in [0.717, 1.165) is 25.7 Å². The molecule has 2 fully saturated rings. The molecular formula is C22H27F6N3O2. The van der Waals surface area contributed by atoms with E-state index in [1.807, 2.05) is 0 Å². The maximum absolute atomic E-state index is 13.0. The second-order valence-corrected chi connectivity index (χ2v) is 8.83. The first-order chi connectivity index (χ1) is 15.4. The number of carbonyl (C=O) groups excluding carboxylic acids is 2. The number of nitrogens with two attached hydrogens (primary N) is 1. The average molecular weight is 479 g/mol. The first-order valence-corrected chi connectivity index (χ1v) is 11.0. The molecule has 0 bridgehead atoms. The first-order valence-electron chi connectivity index (χ1n) is 11.0. The summed E-state index contributed by atoms with van der Waals surface area (Å²) in [4.78, 5) is 26.8. The number of halogens is 6. The Morgan fingerprint density at radius 2 is 1.45 bits per heavy atom. The quantitative estimate of drug-likeness (QED) is 0.636. The summed E-state index contributed by atoms with van der Waals surface area (Å²) in [6, 6.07) is 0.678. The van der Waals surface area contributed by atoms with E-state index in [0.29, 0.717) is 38.1 Å². The minimum Gasteiger partial charge on any atom is -0.352 e. The van der Waals surface area contributed by atoms with Crippen molar-refractivity contribution in [3.63, 3.8) is 0 Å². The van der Waals surface area contributed by atoms with Crippen molar-refractivity contribution in [3.8, 4) is 0 Å². The summed E-state index contributed by atoms with van der Waals surface area (Å²) in [5.41, 5.74) is 2.33. The number of piperidine rings is 1. The number of benzene rings is 1.